The number of nitrogens with one attached hydrogen (secondary N) is 1. The number of pyridine rings is 1. The SMILES string of the molecule is NC(=O)c1cccnc1Nc1ccc(Cl)cc1Cl. The van der Waals surface area contributed by atoms with E-state index in [1.54, 1.807) is 36.5 Å². The van der Waals surface area contributed by atoms with E-state index in [0.29, 0.717) is 27.1 Å². The number of primary amides is 1. The minimum Gasteiger partial charge on any atom is -0.365 e. The van der Waals surface area contributed by atoms with Crippen molar-refractivity contribution in [3.05, 3.63) is 52.1 Å². The number of carbonyl (C=O) groups is 1. The minimum atomic E-state index is -0.560. The van der Waals surface area contributed by atoms with Gasteiger partial charge < -0.3 is 11.1 Å². The summed E-state index contributed by atoms with van der Waals surface area (Å²) < 4.78 is 0. The lowest BCUT2D eigenvalue weighted by Crippen LogP contribution is -2.14. The normalized spacial score (nSPS) is 10.1. The molecule has 18 heavy (non-hydrogen) atoms. The van der Waals surface area contributed by atoms with Gasteiger partial charge in [-0.3, -0.25) is 4.79 Å². The molecule has 2 rings (SSSR count). The molecule has 0 fully saturated rings. The first-order valence-electron chi connectivity index (χ1n) is 5.05. The molecule has 0 bridgehead atoms. The summed E-state index contributed by atoms with van der Waals surface area (Å²) in [5, 5.41) is 3.91. The monoisotopic (exact) mass is 281 g/mol. The highest BCUT2D eigenvalue weighted by atomic mass is 35.5. The van der Waals surface area contributed by atoms with Gasteiger partial charge in [-0.15, -0.1) is 0 Å². The molecule has 0 spiro atoms. The van der Waals surface area contributed by atoms with Crippen molar-refractivity contribution in [3.8, 4) is 0 Å². The van der Waals surface area contributed by atoms with Gasteiger partial charge in [-0.1, -0.05) is 23.2 Å². The molecule has 1 aromatic carbocycles. The van der Waals surface area contributed by atoms with Gasteiger partial charge in [-0.2, -0.15) is 0 Å². The predicted octanol–water partition coefficient (Wildman–Crippen LogP) is 3.23. The molecule has 2 aromatic rings. The van der Waals surface area contributed by atoms with Gasteiger partial charge >= 0.3 is 0 Å². The zero-order chi connectivity index (χ0) is 13.1. The lowest BCUT2D eigenvalue weighted by Gasteiger charge is -2.10. The van der Waals surface area contributed by atoms with Crippen LogP contribution in [0, 0.1) is 0 Å². The second kappa shape index (κ2) is 5.25. The van der Waals surface area contributed by atoms with Crippen LogP contribution in [0.5, 0.6) is 0 Å². The van der Waals surface area contributed by atoms with E-state index in [1.165, 1.54) is 0 Å². The smallest absolute Gasteiger partial charge is 0.252 e. The van der Waals surface area contributed by atoms with Crippen molar-refractivity contribution in [2.75, 3.05) is 5.32 Å². The molecule has 0 saturated heterocycles. The molecule has 0 aliphatic rings. The third-order valence-corrected chi connectivity index (χ3v) is 2.81. The second-order valence-corrected chi connectivity index (χ2v) is 4.36. The van der Waals surface area contributed by atoms with E-state index < -0.39 is 5.91 Å². The highest BCUT2D eigenvalue weighted by Gasteiger charge is 2.10. The van der Waals surface area contributed by atoms with E-state index in [9.17, 15) is 4.79 Å². The third-order valence-electron chi connectivity index (χ3n) is 2.26. The predicted molar refractivity (Wildman–Crippen MR) is 72.5 cm³/mol. The van der Waals surface area contributed by atoms with Gasteiger partial charge in [0.15, 0.2) is 0 Å². The lowest BCUT2D eigenvalue weighted by molar-refractivity contribution is 0.100. The van der Waals surface area contributed by atoms with Crippen LogP contribution < -0.4 is 11.1 Å². The summed E-state index contributed by atoms with van der Waals surface area (Å²) in [6.45, 7) is 0. The Labute approximate surface area is 114 Å². The highest BCUT2D eigenvalue weighted by Crippen LogP contribution is 2.28. The molecule has 1 amide bonds. The van der Waals surface area contributed by atoms with Crippen molar-refractivity contribution in [2.24, 2.45) is 5.73 Å². The Kier molecular flexibility index (Phi) is 3.69. The molecule has 1 aromatic heterocycles. The number of nitrogens with zero attached hydrogens (tertiary/aromatic N) is 1. The van der Waals surface area contributed by atoms with Crippen molar-refractivity contribution in [3.63, 3.8) is 0 Å². The molecule has 0 radical (unpaired) electrons. The van der Waals surface area contributed by atoms with Crippen molar-refractivity contribution < 1.29 is 4.79 Å². The van der Waals surface area contributed by atoms with Gasteiger partial charge in [-0.25, -0.2) is 4.98 Å². The molecule has 0 atom stereocenters. The van der Waals surface area contributed by atoms with Crippen LogP contribution in [-0.4, -0.2) is 10.9 Å². The van der Waals surface area contributed by atoms with Crippen molar-refractivity contribution in [2.45, 2.75) is 0 Å². The van der Waals surface area contributed by atoms with E-state index in [2.05, 4.69) is 10.3 Å². The first-order valence-corrected chi connectivity index (χ1v) is 5.80. The number of aromatic nitrogens is 1. The number of benzene rings is 1. The molecule has 6 heteroatoms. The van der Waals surface area contributed by atoms with Crippen LogP contribution in [0.1, 0.15) is 10.4 Å². The molecule has 0 unspecified atom stereocenters. The number of nitrogens with two attached hydrogens (primary N) is 1. The standard InChI is InChI=1S/C12H9Cl2N3O/c13-7-3-4-10(9(14)6-7)17-12-8(11(15)18)2-1-5-16-12/h1-6H,(H2,15,18)(H,16,17). The fourth-order valence-corrected chi connectivity index (χ4v) is 1.88. The van der Waals surface area contributed by atoms with Crippen LogP contribution in [0.25, 0.3) is 0 Å². The number of carbonyl (C=O) groups excluding carboxylic acids is 1. The number of anilines is 2. The fraction of sp³-hybridized carbons (Fsp3) is 0. The van der Waals surface area contributed by atoms with Gasteiger partial charge in [0, 0.05) is 11.2 Å². The van der Waals surface area contributed by atoms with Gasteiger partial charge in [0.05, 0.1) is 16.3 Å². The summed E-state index contributed by atoms with van der Waals surface area (Å²) in [4.78, 5) is 15.3. The molecule has 0 aliphatic heterocycles. The Balaban J connectivity index is 2.37. The van der Waals surface area contributed by atoms with Crippen molar-refractivity contribution in [1.82, 2.24) is 4.98 Å². The molecule has 4 nitrogen and oxygen atoms in total. The summed E-state index contributed by atoms with van der Waals surface area (Å²) in [7, 11) is 0. The zero-order valence-electron chi connectivity index (χ0n) is 9.15. The Morgan fingerprint density at radius 1 is 1.28 bits per heavy atom. The Hall–Kier alpha value is -1.78. The van der Waals surface area contributed by atoms with E-state index in [1.807, 2.05) is 0 Å². The molecule has 0 saturated carbocycles. The van der Waals surface area contributed by atoms with E-state index in [4.69, 9.17) is 28.9 Å². The van der Waals surface area contributed by atoms with Crippen molar-refractivity contribution in [1.29, 1.82) is 0 Å². The highest BCUT2D eigenvalue weighted by molar-refractivity contribution is 6.36. The van der Waals surface area contributed by atoms with Gasteiger partial charge in [0.1, 0.15) is 5.82 Å². The molecule has 92 valence electrons. The summed E-state index contributed by atoms with van der Waals surface area (Å²) in [5.74, 6) is -0.204. The molecular weight excluding hydrogens is 273 g/mol. The first-order chi connectivity index (χ1) is 8.58. The Morgan fingerprint density at radius 2 is 2.06 bits per heavy atom. The summed E-state index contributed by atoms with van der Waals surface area (Å²) in [6, 6.07) is 8.20. The average Bonchev–Trinajstić information content (AvgIpc) is 2.33. The second-order valence-electron chi connectivity index (χ2n) is 3.51. The van der Waals surface area contributed by atoms with E-state index >= 15 is 0 Å². The number of rotatable bonds is 3. The summed E-state index contributed by atoms with van der Waals surface area (Å²) in [5.41, 5.74) is 6.15. The molecule has 3 N–H and O–H groups in total. The maximum Gasteiger partial charge on any atom is 0.252 e. The topological polar surface area (TPSA) is 68.0 Å². The number of hydrogen-bond donors (Lipinski definition) is 2. The van der Waals surface area contributed by atoms with Gasteiger partial charge in [-0.05, 0) is 30.3 Å². The number of hydrogen-bond acceptors (Lipinski definition) is 3. The molecule has 0 aliphatic carbocycles. The van der Waals surface area contributed by atoms with E-state index in [0.717, 1.165) is 0 Å². The van der Waals surface area contributed by atoms with E-state index in [-0.39, 0.29) is 0 Å². The molecule has 1 heterocycles. The maximum absolute atomic E-state index is 11.2. The number of amides is 1. The fourth-order valence-electron chi connectivity index (χ4n) is 1.42. The van der Waals surface area contributed by atoms with Crippen LogP contribution >= 0.6 is 23.2 Å². The minimum absolute atomic E-state index is 0.295. The maximum atomic E-state index is 11.2. The first kappa shape index (κ1) is 12.7. The average molecular weight is 282 g/mol. The Bertz CT molecular complexity index is 602. The Morgan fingerprint density at radius 3 is 2.72 bits per heavy atom. The van der Waals surface area contributed by atoms with Crippen LogP contribution in [0.4, 0.5) is 11.5 Å². The van der Waals surface area contributed by atoms with Crippen molar-refractivity contribution >= 4 is 40.6 Å². The lowest BCUT2D eigenvalue weighted by atomic mass is 10.2. The zero-order valence-corrected chi connectivity index (χ0v) is 10.7. The van der Waals surface area contributed by atoms with Crippen LogP contribution in [0.15, 0.2) is 36.5 Å². The van der Waals surface area contributed by atoms with Gasteiger partial charge in [0.25, 0.3) is 5.91 Å². The van der Waals surface area contributed by atoms with Gasteiger partial charge in [0.2, 0.25) is 0 Å². The van der Waals surface area contributed by atoms with Crippen LogP contribution in [-0.2, 0) is 0 Å². The largest absolute Gasteiger partial charge is 0.365 e. The summed E-state index contributed by atoms with van der Waals surface area (Å²) >= 11 is 11.8. The quantitative estimate of drug-likeness (QED) is 0.908. The third kappa shape index (κ3) is 2.72. The number of halogens is 2. The van der Waals surface area contributed by atoms with Crippen LogP contribution in [0.3, 0.4) is 0 Å². The summed E-state index contributed by atoms with van der Waals surface area (Å²) in [6.07, 6.45) is 1.55. The van der Waals surface area contributed by atoms with Crippen LogP contribution in [0.2, 0.25) is 10.0 Å². The molecular formula is C12H9Cl2N3O.